The molecule has 0 aliphatic heterocycles. The topological polar surface area (TPSA) is 72.2 Å². The summed E-state index contributed by atoms with van der Waals surface area (Å²) >= 11 is 6.10. The van der Waals surface area contributed by atoms with Crippen LogP contribution in [0.3, 0.4) is 0 Å². The molecule has 0 radical (unpaired) electrons. The summed E-state index contributed by atoms with van der Waals surface area (Å²) in [5.74, 6) is -0.399. The molecule has 1 atom stereocenters. The first-order chi connectivity index (χ1) is 13.0. The molecule has 1 N–H and O–H groups in total. The van der Waals surface area contributed by atoms with E-state index in [1.165, 1.54) is 18.2 Å². The van der Waals surface area contributed by atoms with Gasteiger partial charge in [-0.1, -0.05) is 71.8 Å². The van der Waals surface area contributed by atoms with E-state index >= 15 is 0 Å². The number of aryl methyl sites for hydroxylation is 1. The van der Waals surface area contributed by atoms with Gasteiger partial charge in [0.2, 0.25) is 0 Å². The van der Waals surface area contributed by atoms with Gasteiger partial charge in [0.1, 0.15) is 0 Å². The Morgan fingerprint density at radius 1 is 1.00 bits per heavy atom. The van der Waals surface area contributed by atoms with E-state index in [4.69, 9.17) is 11.6 Å². The fourth-order valence-electron chi connectivity index (χ4n) is 2.77. The van der Waals surface area contributed by atoms with Crippen molar-refractivity contribution in [3.8, 4) is 0 Å². The Labute approximate surface area is 161 Å². The number of hydrogen-bond donors (Lipinski definition) is 1. The number of halogens is 1. The van der Waals surface area contributed by atoms with Crippen molar-refractivity contribution in [3.63, 3.8) is 0 Å². The van der Waals surface area contributed by atoms with Crippen LogP contribution in [0.5, 0.6) is 0 Å². The summed E-state index contributed by atoms with van der Waals surface area (Å²) in [4.78, 5) is 23.1. The SMILES string of the molecule is Cc1ccc([C@@H](NC(=O)c2ccc([N+](=O)[O-])cc2Cl)c2ccccc2)cc1. The van der Waals surface area contributed by atoms with E-state index < -0.39 is 10.8 Å². The van der Waals surface area contributed by atoms with Gasteiger partial charge >= 0.3 is 0 Å². The summed E-state index contributed by atoms with van der Waals surface area (Å²) in [6.45, 7) is 2.00. The molecule has 0 aliphatic rings. The van der Waals surface area contributed by atoms with Gasteiger partial charge in [0.25, 0.3) is 11.6 Å². The minimum Gasteiger partial charge on any atom is -0.341 e. The molecule has 0 aliphatic carbocycles. The van der Waals surface area contributed by atoms with Crippen LogP contribution in [0.1, 0.15) is 33.1 Å². The van der Waals surface area contributed by atoms with Crippen molar-refractivity contribution in [1.82, 2.24) is 5.32 Å². The van der Waals surface area contributed by atoms with E-state index in [1.54, 1.807) is 0 Å². The lowest BCUT2D eigenvalue weighted by atomic mass is 9.97. The summed E-state index contributed by atoms with van der Waals surface area (Å²) in [5, 5.41) is 13.9. The molecule has 27 heavy (non-hydrogen) atoms. The molecule has 1 amide bonds. The first-order valence-electron chi connectivity index (χ1n) is 8.32. The molecule has 3 aromatic carbocycles. The summed E-state index contributed by atoms with van der Waals surface area (Å²) < 4.78 is 0. The molecular weight excluding hydrogens is 364 g/mol. The number of hydrogen-bond acceptors (Lipinski definition) is 3. The smallest absolute Gasteiger partial charge is 0.270 e. The first kappa shape index (κ1) is 18.6. The molecule has 3 aromatic rings. The molecule has 0 bridgehead atoms. The van der Waals surface area contributed by atoms with Crippen LogP contribution in [0.25, 0.3) is 0 Å². The molecule has 136 valence electrons. The molecule has 0 heterocycles. The van der Waals surface area contributed by atoms with Crippen molar-refractivity contribution >= 4 is 23.2 Å². The van der Waals surface area contributed by atoms with Crippen LogP contribution in [0.15, 0.2) is 72.8 Å². The number of benzene rings is 3. The monoisotopic (exact) mass is 380 g/mol. The quantitative estimate of drug-likeness (QED) is 0.495. The summed E-state index contributed by atoms with van der Waals surface area (Å²) in [7, 11) is 0. The summed E-state index contributed by atoms with van der Waals surface area (Å²) in [6, 6.07) is 20.9. The molecule has 0 saturated carbocycles. The largest absolute Gasteiger partial charge is 0.341 e. The van der Waals surface area contributed by atoms with Gasteiger partial charge in [-0.2, -0.15) is 0 Å². The molecule has 0 saturated heterocycles. The third-order valence-corrected chi connectivity index (χ3v) is 4.54. The first-order valence-corrected chi connectivity index (χ1v) is 8.70. The Balaban J connectivity index is 1.93. The molecule has 0 spiro atoms. The number of non-ortho nitro benzene ring substituents is 1. The van der Waals surface area contributed by atoms with Crippen LogP contribution in [0.4, 0.5) is 5.69 Å². The second-order valence-electron chi connectivity index (χ2n) is 6.15. The van der Waals surface area contributed by atoms with Gasteiger partial charge in [0.05, 0.1) is 21.6 Å². The molecule has 0 aromatic heterocycles. The van der Waals surface area contributed by atoms with E-state index in [0.29, 0.717) is 0 Å². The van der Waals surface area contributed by atoms with Crippen LogP contribution in [-0.2, 0) is 0 Å². The van der Waals surface area contributed by atoms with Gasteiger partial charge in [-0.15, -0.1) is 0 Å². The second-order valence-corrected chi connectivity index (χ2v) is 6.56. The Bertz CT molecular complexity index is 972. The van der Waals surface area contributed by atoms with Crippen molar-refractivity contribution in [2.75, 3.05) is 0 Å². The Morgan fingerprint density at radius 3 is 2.22 bits per heavy atom. The summed E-state index contributed by atoms with van der Waals surface area (Å²) in [5.41, 5.74) is 3.01. The van der Waals surface area contributed by atoms with Crippen molar-refractivity contribution in [3.05, 3.63) is 110 Å². The van der Waals surface area contributed by atoms with Crippen LogP contribution >= 0.6 is 11.6 Å². The second kappa shape index (κ2) is 8.01. The molecule has 0 unspecified atom stereocenters. The average Bonchev–Trinajstić information content (AvgIpc) is 2.67. The standard InChI is InChI=1S/C21H17ClN2O3/c1-14-7-9-16(10-8-14)20(15-5-3-2-4-6-15)23-21(25)18-12-11-17(24(26)27)13-19(18)22/h2-13,20H,1H3,(H,23,25)/t20-/m0/s1. The number of nitrogens with zero attached hydrogens (tertiary/aromatic N) is 1. The van der Waals surface area contributed by atoms with Gasteiger partial charge in [0, 0.05) is 12.1 Å². The van der Waals surface area contributed by atoms with E-state index in [-0.39, 0.29) is 22.3 Å². The Morgan fingerprint density at radius 2 is 1.63 bits per heavy atom. The van der Waals surface area contributed by atoms with Gasteiger partial charge in [-0.3, -0.25) is 14.9 Å². The number of amides is 1. The normalized spacial score (nSPS) is 11.6. The lowest BCUT2D eigenvalue weighted by Crippen LogP contribution is -2.29. The van der Waals surface area contributed by atoms with E-state index in [2.05, 4.69) is 5.32 Å². The van der Waals surface area contributed by atoms with Crippen molar-refractivity contribution in [2.45, 2.75) is 13.0 Å². The highest BCUT2D eigenvalue weighted by atomic mass is 35.5. The zero-order valence-corrected chi connectivity index (χ0v) is 15.3. The Hall–Kier alpha value is -3.18. The highest BCUT2D eigenvalue weighted by molar-refractivity contribution is 6.34. The van der Waals surface area contributed by atoms with Crippen LogP contribution < -0.4 is 5.32 Å². The molecule has 5 nitrogen and oxygen atoms in total. The van der Waals surface area contributed by atoms with Gasteiger partial charge in [-0.25, -0.2) is 0 Å². The third-order valence-electron chi connectivity index (χ3n) is 4.23. The van der Waals surface area contributed by atoms with E-state index in [9.17, 15) is 14.9 Å². The lowest BCUT2D eigenvalue weighted by molar-refractivity contribution is -0.384. The van der Waals surface area contributed by atoms with Crippen molar-refractivity contribution < 1.29 is 9.72 Å². The zero-order valence-electron chi connectivity index (χ0n) is 14.6. The highest BCUT2D eigenvalue weighted by Crippen LogP contribution is 2.26. The summed E-state index contributed by atoms with van der Waals surface area (Å²) in [6.07, 6.45) is 0. The Kier molecular flexibility index (Phi) is 5.52. The predicted molar refractivity (Wildman–Crippen MR) is 105 cm³/mol. The van der Waals surface area contributed by atoms with Gasteiger partial charge < -0.3 is 5.32 Å². The fraction of sp³-hybridized carbons (Fsp3) is 0.0952. The molecular formula is C21H17ClN2O3. The predicted octanol–water partition coefficient (Wildman–Crippen LogP) is 5.08. The lowest BCUT2D eigenvalue weighted by Gasteiger charge is -2.20. The number of nitro groups is 1. The van der Waals surface area contributed by atoms with E-state index in [1.807, 2.05) is 61.5 Å². The van der Waals surface area contributed by atoms with Crippen molar-refractivity contribution in [2.24, 2.45) is 0 Å². The zero-order chi connectivity index (χ0) is 19.4. The maximum atomic E-state index is 12.8. The molecule has 6 heteroatoms. The van der Waals surface area contributed by atoms with Crippen molar-refractivity contribution in [1.29, 1.82) is 0 Å². The minimum absolute atomic E-state index is 0.0393. The van der Waals surface area contributed by atoms with Crippen LogP contribution in [0.2, 0.25) is 5.02 Å². The van der Waals surface area contributed by atoms with Gasteiger partial charge in [-0.05, 0) is 24.1 Å². The maximum absolute atomic E-state index is 12.8. The van der Waals surface area contributed by atoms with E-state index in [0.717, 1.165) is 16.7 Å². The number of rotatable bonds is 5. The fourth-order valence-corrected chi connectivity index (χ4v) is 3.03. The number of nitro benzene ring substituents is 1. The van der Waals surface area contributed by atoms with Crippen LogP contribution in [-0.4, -0.2) is 10.8 Å². The third kappa shape index (κ3) is 4.33. The number of carbonyl (C=O) groups is 1. The maximum Gasteiger partial charge on any atom is 0.270 e. The van der Waals surface area contributed by atoms with Gasteiger partial charge in [0.15, 0.2) is 0 Å². The number of carbonyl (C=O) groups excluding carboxylic acids is 1. The minimum atomic E-state index is -0.549. The molecule has 0 fully saturated rings. The highest BCUT2D eigenvalue weighted by Gasteiger charge is 2.20. The van der Waals surface area contributed by atoms with Crippen LogP contribution in [0, 0.1) is 17.0 Å². The number of nitrogens with one attached hydrogen (secondary N) is 1. The molecule has 3 rings (SSSR count). The average molecular weight is 381 g/mol.